The summed E-state index contributed by atoms with van der Waals surface area (Å²) < 4.78 is 0. The Morgan fingerprint density at radius 3 is 2.75 bits per heavy atom. The molecule has 0 radical (unpaired) electrons. The van der Waals surface area contributed by atoms with Gasteiger partial charge in [0.2, 0.25) is 0 Å². The van der Waals surface area contributed by atoms with Crippen LogP contribution in [-0.2, 0) is 0 Å². The fourth-order valence-corrected chi connectivity index (χ4v) is 3.00. The van der Waals surface area contributed by atoms with Gasteiger partial charge in [0.1, 0.15) is 0 Å². The number of hydrogen-bond acceptors (Lipinski definition) is 3. The van der Waals surface area contributed by atoms with Crippen molar-refractivity contribution in [2.45, 2.75) is 19.8 Å². The fourth-order valence-electron chi connectivity index (χ4n) is 3.00. The summed E-state index contributed by atoms with van der Waals surface area (Å²) in [6.45, 7) is 5.88. The summed E-state index contributed by atoms with van der Waals surface area (Å²) in [7, 11) is 0. The number of hydrogen-bond donors (Lipinski definition) is 1. The summed E-state index contributed by atoms with van der Waals surface area (Å²) in [6.07, 6.45) is 1.48. The highest BCUT2D eigenvalue weighted by Crippen LogP contribution is 2.42. The zero-order valence-electron chi connectivity index (χ0n) is 11.7. The Balaban J connectivity index is 1.84. The standard InChI is InChI=1S/C15H18N4O/c1-15(2)10-19(14(20)13-8-16-18-17-13)9-12(15)11-6-4-3-5-7-11/h3-8,12H,9-10H2,1-2H3,(H,16,17,18)/t12-/m0/s1. The van der Waals surface area contributed by atoms with E-state index in [-0.39, 0.29) is 11.3 Å². The van der Waals surface area contributed by atoms with Crippen molar-refractivity contribution in [2.24, 2.45) is 5.41 Å². The van der Waals surface area contributed by atoms with Gasteiger partial charge in [-0.3, -0.25) is 4.79 Å². The van der Waals surface area contributed by atoms with E-state index in [1.54, 1.807) is 0 Å². The molecule has 1 aliphatic heterocycles. The molecule has 0 saturated carbocycles. The van der Waals surface area contributed by atoms with Crippen molar-refractivity contribution < 1.29 is 4.79 Å². The van der Waals surface area contributed by atoms with E-state index in [0.717, 1.165) is 13.1 Å². The molecule has 0 unspecified atom stereocenters. The van der Waals surface area contributed by atoms with Gasteiger partial charge in [-0.05, 0) is 11.0 Å². The first kappa shape index (κ1) is 12.8. The topological polar surface area (TPSA) is 61.9 Å². The Kier molecular flexibility index (Phi) is 3.04. The molecule has 104 valence electrons. The van der Waals surface area contributed by atoms with Gasteiger partial charge >= 0.3 is 0 Å². The number of benzene rings is 1. The molecule has 2 heterocycles. The van der Waals surface area contributed by atoms with E-state index in [2.05, 4.69) is 41.4 Å². The van der Waals surface area contributed by atoms with Crippen LogP contribution in [0.25, 0.3) is 0 Å². The lowest BCUT2D eigenvalue weighted by Gasteiger charge is -2.25. The third-order valence-electron chi connectivity index (χ3n) is 4.07. The molecule has 5 heteroatoms. The Bertz CT molecular complexity index is 592. The molecule has 1 N–H and O–H groups in total. The van der Waals surface area contributed by atoms with Crippen LogP contribution in [0.5, 0.6) is 0 Å². The average molecular weight is 270 g/mol. The highest BCUT2D eigenvalue weighted by Gasteiger charge is 2.42. The molecule has 1 aromatic heterocycles. The molecule has 3 rings (SSSR count). The number of nitrogens with one attached hydrogen (secondary N) is 1. The summed E-state index contributed by atoms with van der Waals surface area (Å²) in [5.74, 6) is 0.296. The summed E-state index contributed by atoms with van der Waals surface area (Å²) >= 11 is 0. The van der Waals surface area contributed by atoms with Crippen LogP contribution < -0.4 is 0 Å². The lowest BCUT2D eigenvalue weighted by Crippen LogP contribution is -2.30. The van der Waals surface area contributed by atoms with Gasteiger partial charge in [-0.2, -0.15) is 15.4 Å². The Hall–Kier alpha value is -2.17. The lowest BCUT2D eigenvalue weighted by molar-refractivity contribution is 0.0772. The lowest BCUT2D eigenvalue weighted by atomic mass is 9.78. The smallest absolute Gasteiger partial charge is 0.276 e. The molecule has 0 bridgehead atoms. The maximum atomic E-state index is 12.4. The molecule has 0 spiro atoms. The molecular formula is C15H18N4O. The first-order valence-corrected chi connectivity index (χ1v) is 6.78. The van der Waals surface area contributed by atoms with Crippen LogP contribution in [0, 0.1) is 5.41 Å². The highest BCUT2D eigenvalue weighted by atomic mass is 16.2. The summed E-state index contributed by atoms with van der Waals surface area (Å²) in [5, 5.41) is 10.1. The second-order valence-corrected chi connectivity index (χ2v) is 5.99. The largest absolute Gasteiger partial charge is 0.336 e. The second kappa shape index (κ2) is 4.74. The average Bonchev–Trinajstić information content (AvgIpc) is 3.06. The third-order valence-corrected chi connectivity index (χ3v) is 4.07. The minimum absolute atomic E-state index is 0.0507. The summed E-state index contributed by atoms with van der Waals surface area (Å²) in [5.41, 5.74) is 1.73. The molecule has 2 aromatic rings. The van der Waals surface area contributed by atoms with Gasteiger partial charge in [0.15, 0.2) is 5.69 Å². The van der Waals surface area contributed by atoms with E-state index in [0.29, 0.717) is 11.6 Å². The maximum Gasteiger partial charge on any atom is 0.276 e. The zero-order chi connectivity index (χ0) is 14.2. The Morgan fingerprint density at radius 1 is 1.35 bits per heavy atom. The van der Waals surface area contributed by atoms with Gasteiger partial charge in [0.05, 0.1) is 6.20 Å². The van der Waals surface area contributed by atoms with Crippen molar-refractivity contribution in [2.75, 3.05) is 13.1 Å². The van der Waals surface area contributed by atoms with Crippen LogP contribution in [0.15, 0.2) is 36.5 Å². The van der Waals surface area contributed by atoms with E-state index >= 15 is 0 Å². The second-order valence-electron chi connectivity index (χ2n) is 5.99. The molecule has 1 fully saturated rings. The number of aromatic amines is 1. The van der Waals surface area contributed by atoms with Crippen LogP contribution in [0.1, 0.15) is 35.8 Å². The molecular weight excluding hydrogens is 252 g/mol. The number of likely N-dealkylation sites (tertiary alicyclic amines) is 1. The van der Waals surface area contributed by atoms with Crippen molar-refractivity contribution in [1.29, 1.82) is 0 Å². The normalized spacial score (nSPS) is 21.1. The van der Waals surface area contributed by atoms with Gasteiger partial charge < -0.3 is 4.90 Å². The number of carbonyl (C=O) groups excluding carboxylic acids is 1. The van der Waals surface area contributed by atoms with Crippen LogP contribution >= 0.6 is 0 Å². The third kappa shape index (κ3) is 2.19. The number of amides is 1. The van der Waals surface area contributed by atoms with Gasteiger partial charge in [0.25, 0.3) is 5.91 Å². The van der Waals surface area contributed by atoms with Crippen molar-refractivity contribution in [3.63, 3.8) is 0 Å². The molecule has 1 amide bonds. The minimum atomic E-state index is -0.0507. The molecule has 1 atom stereocenters. The Morgan fingerprint density at radius 2 is 2.10 bits per heavy atom. The monoisotopic (exact) mass is 270 g/mol. The molecule has 1 saturated heterocycles. The molecule has 1 aliphatic rings. The van der Waals surface area contributed by atoms with Crippen LogP contribution in [0.3, 0.4) is 0 Å². The zero-order valence-corrected chi connectivity index (χ0v) is 11.7. The number of carbonyl (C=O) groups is 1. The van der Waals surface area contributed by atoms with E-state index in [1.165, 1.54) is 11.8 Å². The van der Waals surface area contributed by atoms with E-state index in [4.69, 9.17) is 0 Å². The molecule has 0 aliphatic carbocycles. The quantitative estimate of drug-likeness (QED) is 0.908. The van der Waals surface area contributed by atoms with Crippen LogP contribution in [-0.4, -0.2) is 39.3 Å². The van der Waals surface area contributed by atoms with E-state index in [1.807, 2.05) is 23.1 Å². The van der Waals surface area contributed by atoms with Crippen LogP contribution in [0.4, 0.5) is 0 Å². The van der Waals surface area contributed by atoms with Crippen molar-refractivity contribution in [3.05, 3.63) is 47.8 Å². The van der Waals surface area contributed by atoms with E-state index in [9.17, 15) is 4.79 Å². The minimum Gasteiger partial charge on any atom is -0.336 e. The maximum absolute atomic E-state index is 12.4. The first-order valence-electron chi connectivity index (χ1n) is 6.78. The van der Waals surface area contributed by atoms with Gasteiger partial charge in [-0.25, -0.2) is 0 Å². The number of aromatic nitrogens is 3. The molecule has 20 heavy (non-hydrogen) atoms. The predicted molar refractivity (Wildman–Crippen MR) is 75.3 cm³/mol. The highest BCUT2D eigenvalue weighted by molar-refractivity contribution is 5.92. The molecule has 1 aromatic carbocycles. The molecule has 5 nitrogen and oxygen atoms in total. The van der Waals surface area contributed by atoms with Gasteiger partial charge in [-0.1, -0.05) is 44.2 Å². The van der Waals surface area contributed by atoms with Crippen molar-refractivity contribution in [3.8, 4) is 0 Å². The van der Waals surface area contributed by atoms with Crippen LogP contribution in [0.2, 0.25) is 0 Å². The van der Waals surface area contributed by atoms with Crippen molar-refractivity contribution >= 4 is 5.91 Å². The Labute approximate surface area is 118 Å². The fraction of sp³-hybridized carbons (Fsp3) is 0.400. The summed E-state index contributed by atoms with van der Waals surface area (Å²) in [4.78, 5) is 14.2. The van der Waals surface area contributed by atoms with Gasteiger partial charge in [-0.15, -0.1) is 0 Å². The SMILES string of the molecule is CC1(C)CN(C(=O)c2cn[nH]n2)C[C@H]1c1ccccc1. The van der Waals surface area contributed by atoms with Crippen molar-refractivity contribution in [1.82, 2.24) is 20.3 Å². The van der Waals surface area contributed by atoms with Gasteiger partial charge in [0, 0.05) is 19.0 Å². The number of nitrogens with zero attached hydrogens (tertiary/aromatic N) is 3. The van der Waals surface area contributed by atoms with E-state index < -0.39 is 0 Å². The summed E-state index contributed by atoms with van der Waals surface area (Å²) in [6, 6.07) is 10.4. The number of rotatable bonds is 2. The number of H-pyrrole nitrogens is 1. The first-order chi connectivity index (χ1) is 9.58. The predicted octanol–water partition coefficient (Wildman–Crippen LogP) is 2.07.